The Morgan fingerprint density at radius 3 is 2.56 bits per heavy atom. The van der Waals surface area contributed by atoms with Gasteiger partial charge in [0.05, 0.1) is 19.2 Å². The number of benzene rings is 2. The molecule has 0 unspecified atom stereocenters. The number of nitrogens with one attached hydrogen (secondary N) is 1. The summed E-state index contributed by atoms with van der Waals surface area (Å²) in [6.07, 6.45) is 0.866. The Hall–Kier alpha value is -2.30. The van der Waals surface area contributed by atoms with E-state index in [0.29, 0.717) is 17.9 Å². The third-order valence-corrected chi connectivity index (χ3v) is 3.86. The van der Waals surface area contributed by atoms with E-state index in [4.69, 9.17) is 9.15 Å². The van der Waals surface area contributed by atoms with Crippen LogP contribution < -0.4 is 10.1 Å². The van der Waals surface area contributed by atoms with Crippen molar-refractivity contribution in [1.82, 2.24) is 5.32 Å². The maximum atomic E-state index is 13.8. The second-order valence-corrected chi connectivity index (χ2v) is 5.48. The highest BCUT2D eigenvalue weighted by Gasteiger charge is 2.09. The van der Waals surface area contributed by atoms with Crippen LogP contribution in [0.2, 0.25) is 0 Å². The lowest BCUT2D eigenvalue weighted by molar-refractivity contribution is 0.408. The average molecular weight is 362 g/mol. The third kappa shape index (κ3) is 4.84. The van der Waals surface area contributed by atoms with Crippen molar-refractivity contribution in [3.63, 3.8) is 0 Å². The van der Waals surface area contributed by atoms with Crippen molar-refractivity contribution in [2.45, 2.75) is 13.0 Å². The lowest BCUT2D eigenvalue weighted by Crippen LogP contribution is -2.16. The Balaban J connectivity index is 0.00000225. The summed E-state index contributed by atoms with van der Waals surface area (Å²) in [5.41, 5.74) is 1.65. The number of methoxy groups -OCH3 is 1. The molecule has 3 nitrogen and oxygen atoms in total. The average Bonchev–Trinajstić information content (AvgIpc) is 3.08. The number of halogens is 2. The fraction of sp³-hybridized carbons (Fsp3) is 0.200. The lowest BCUT2D eigenvalue weighted by Gasteiger charge is -2.08. The van der Waals surface area contributed by atoms with Gasteiger partial charge in [-0.15, -0.1) is 12.4 Å². The molecule has 0 amide bonds. The summed E-state index contributed by atoms with van der Waals surface area (Å²) in [5.74, 6) is 1.96. The first-order valence-corrected chi connectivity index (χ1v) is 7.94. The van der Waals surface area contributed by atoms with E-state index in [9.17, 15) is 4.39 Å². The van der Waals surface area contributed by atoms with E-state index in [0.717, 1.165) is 24.5 Å². The van der Waals surface area contributed by atoms with Crippen LogP contribution in [0.5, 0.6) is 5.75 Å². The highest BCUT2D eigenvalue weighted by atomic mass is 35.5. The van der Waals surface area contributed by atoms with E-state index >= 15 is 0 Å². The Kier molecular flexibility index (Phi) is 7.04. The highest BCUT2D eigenvalue weighted by molar-refractivity contribution is 5.85. The molecule has 1 aromatic heterocycles. The predicted molar refractivity (Wildman–Crippen MR) is 99.8 cm³/mol. The van der Waals surface area contributed by atoms with E-state index in [-0.39, 0.29) is 18.2 Å². The van der Waals surface area contributed by atoms with Crippen molar-refractivity contribution in [1.29, 1.82) is 0 Å². The Bertz CT molecular complexity index is 804. The van der Waals surface area contributed by atoms with Crippen molar-refractivity contribution < 1.29 is 13.5 Å². The van der Waals surface area contributed by atoms with Gasteiger partial charge in [-0.05, 0) is 48.9 Å². The van der Waals surface area contributed by atoms with Gasteiger partial charge in [-0.3, -0.25) is 0 Å². The van der Waals surface area contributed by atoms with Crippen molar-refractivity contribution in [3.05, 3.63) is 77.8 Å². The number of hydrogen-bond acceptors (Lipinski definition) is 3. The fourth-order valence-electron chi connectivity index (χ4n) is 2.62. The van der Waals surface area contributed by atoms with Crippen LogP contribution in [0.4, 0.5) is 4.39 Å². The zero-order chi connectivity index (χ0) is 16.8. The normalized spacial score (nSPS) is 10.3. The van der Waals surface area contributed by atoms with Gasteiger partial charge in [0, 0.05) is 0 Å². The Morgan fingerprint density at radius 2 is 1.76 bits per heavy atom. The van der Waals surface area contributed by atoms with Crippen LogP contribution in [0.1, 0.15) is 11.3 Å². The van der Waals surface area contributed by atoms with Crippen LogP contribution in [0.25, 0.3) is 11.3 Å². The maximum absolute atomic E-state index is 13.8. The number of ether oxygens (including phenoxy) is 1. The van der Waals surface area contributed by atoms with Crippen molar-refractivity contribution in [2.75, 3.05) is 13.7 Å². The van der Waals surface area contributed by atoms with Crippen molar-refractivity contribution >= 4 is 12.4 Å². The van der Waals surface area contributed by atoms with E-state index < -0.39 is 0 Å². The number of hydrogen-bond donors (Lipinski definition) is 1. The summed E-state index contributed by atoms with van der Waals surface area (Å²) >= 11 is 0. The van der Waals surface area contributed by atoms with Crippen LogP contribution >= 0.6 is 12.4 Å². The second kappa shape index (κ2) is 9.25. The van der Waals surface area contributed by atoms with Gasteiger partial charge in [0.15, 0.2) is 0 Å². The Morgan fingerprint density at radius 1 is 1.00 bits per heavy atom. The van der Waals surface area contributed by atoms with Gasteiger partial charge in [-0.25, -0.2) is 4.39 Å². The zero-order valence-corrected chi connectivity index (χ0v) is 14.8. The molecule has 0 atom stereocenters. The van der Waals surface area contributed by atoms with Crippen molar-refractivity contribution in [3.8, 4) is 17.1 Å². The molecule has 25 heavy (non-hydrogen) atoms. The van der Waals surface area contributed by atoms with Gasteiger partial charge in [-0.2, -0.15) is 0 Å². The molecule has 0 aliphatic carbocycles. The zero-order valence-electron chi connectivity index (χ0n) is 14.0. The summed E-state index contributed by atoms with van der Waals surface area (Å²) < 4.78 is 24.8. The van der Waals surface area contributed by atoms with Gasteiger partial charge >= 0.3 is 0 Å². The summed E-state index contributed by atoms with van der Waals surface area (Å²) in [4.78, 5) is 0. The minimum absolute atomic E-state index is 0. The molecule has 132 valence electrons. The standard InChI is InChI=1S/C20H20FNO2.ClH/c1-23-19-9-5-2-6-15(19)12-13-22-14-16-10-11-20(24-16)17-7-3-4-8-18(17)21;/h2-11,22H,12-14H2,1H3;1H. The summed E-state index contributed by atoms with van der Waals surface area (Å²) in [7, 11) is 1.68. The van der Waals surface area contributed by atoms with Crippen LogP contribution in [-0.2, 0) is 13.0 Å². The van der Waals surface area contributed by atoms with Gasteiger partial charge in [0.2, 0.25) is 0 Å². The summed E-state index contributed by atoms with van der Waals surface area (Å²) in [6, 6.07) is 18.3. The molecular formula is C20H21ClFNO2. The lowest BCUT2D eigenvalue weighted by atomic mass is 10.1. The monoisotopic (exact) mass is 361 g/mol. The molecule has 0 saturated carbocycles. The minimum atomic E-state index is -0.275. The van der Waals surface area contributed by atoms with Crippen LogP contribution in [0.15, 0.2) is 65.1 Å². The van der Waals surface area contributed by atoms with E-state index in [1.807, 2.05) is 24.3 Å². The van der Waals surface area contributed by atoms with Crippen molar-refractivity contribution in [2.24, 2.45) is 0 Å². The topological polar surface area (TPSA) is 34.4 Å². The smallest absolute Gasteiger partial charge is 0.137 e. The van der Waals surface area contributed by atoms with Gasteiger partial charge in [0.25, 0.3) is 0 Å². The molecule has 5 heteroatoms. The molecular weight excluding hydrogens is 341 g/mol. The first-order valence-electron chi connectivity index (χ1n) is 7.94. The fourth-order valence-corrected chi connectivity index (χ4v) is 2.62. The summed E-state index contributed by atoms with van der Waals surface area (Å²) in [6.45, 7) is 1.40. The first kappa shape index (κ1) is 19.0. The predicted octanol–water partition coefficient (Wildman–Crippen LogP) is 4.85. The molecule has 0 spiro atoms. The maximum Gasteiger partial charge on any atom is 0.137 e. The molecule has 3 rings (SSSR count). The quantitative estimate of drug-likeness (QED) is 0.611. The molecule has 0 saturated heterocycles. The third-order valence-electron chi connectivity index (χ3n) is 3.86. The molecule has 0 fully saturated rings. The van der Waals surface area contributed by atoms with E-state index in [1.54, 1.807) is 31.4 Å². The van der Waals surface area contributed by atoms with Gasteiger partial charge in [0.1, 0.15) is 23.1 Å². The highest BCUT2D eigenvalue weighted by Crippen LogP contribution is 2.24. The number of furan rings is 1. The van der Waals surface area contributed by atoms with Gasteiger partial charge in [-0.1, -0.05) is 30.3 Å². The van der Waals surface area contributed by atoms with E-state index in [2.05, 4.69) is 11.4 Å². The molecule has 0 radical (unpaired) electrons. The van der Waals surface area contributed by atoms with Crippen LogP contribution in [0.3, 0.4) is 0 Å². The molecule has 1 N–H and O–H groups in total. The van der Waals surface area contributed by atoms with E-state index in [1.165, 1.54) is 11.6 Å². The molecule has 3 aromatic rings. The second-order valence-electron chi connectivity index (χ2n) is 5.48. The number of para-hydroxylation sites is 1. The Labute approximate surface area is 153 Å². The van der Waals surface area contributed by atoms with Crippen LogP contribution in [0, 0.1) is 5.82 Å². The first-order chi connectivity index (χ1) is 11.8. The molecule has 2 aromatic carbocycles. The minimum Gasteiger partial charge on any atom is -0.496 e. The van der Waals surface area contributed by atoms with Crippen LogP contribution in [-0.4, -0.2) is 13.7 Å². The largest absolute Gasteiger partial charge is 0.496 e. The summed E-state index contributed by atoms with van der Waals surface area (Å²) in [5, 5.41) is 3.34. The van der Waals surface area contributed by atoms with Gasteiger partial charge < -0.3 is 14.5 Å². The molecule has 1 heterocycles. The molecule has 0 aliphatic rings. The number of rotatable bonds is 7. The SMILES string of the molecule is COc1ccccc1CCNCc1ccc(-c2ccccc2F)o1.Cl. The molecule has 0 aliphatic heterocycles. The molecule has 0 bridgehead atoms.